The van der Waals surface area contributed by atoms with Crippen LogP contribution in [-0.4, -0.2) is 51.3 Å². The van der Waals surface area contributed by atoms with E-state index in [4.69, 9.17) is 14.2 Å². The number of hydrogen-bond donors (Lipinski definition) is 1. The number of benzene rings is 2. The van der Waals surface area contributed by atoms with Gasteiger partial charge in [-0.3, -0.25) is 4.90 Å². The van der Waals surface area contributed by atoms with E-state index in [2.05, 4.69) is 9.97 Å². The minimum Gasteiger partial charge on any atom is -0.487 e. The van der Waals surface area contributed by atoms with E-state index in [1.54, 1.807) is 46.9 Å². The number of amides is 1. The zero-order valence-corrected chi connectivity index (χ0v) is 22.8. The lowest BCUT2D eigenvalue weighted by Crippen LogP contribution is -2.23. The van der Waals surface area contributed by atoms with Crippen LogP contribution in [0.5, 0.6) is 11.5 Å². The minimum absolute atomic E-state index is 0.0229. The molecule has 1 fully saturated rings. The molecule has 1 saturated heterocycles. The van der Waals surface area contributed by atoms with E-state index in [1.807, 2.05) is 0 Å². The van der Waals surface area contributed by atoms with Crippen molar-refractivity contribution in [1.82, 2.24) is 14.4 Å². The first kappa shape index (κ1) is 28.5. The second kappa shape index (κ2) is 12.0. The maximum Gasteiger partial charge on any atom is 0.414 e. The lowest BCUT2D eigenvalue weighted by molar-refractivity contribution is -0.0504. The summed E-state index contributed by atoms with van der Waals surface area (Å²) in [7, 11) is 0. The smallest absolute Gasteiger partial charge is 0.414 e. The number of carbonyl (C=O) groups is 2. The van der Waals surface area contributed by atoms with Crippen molar-refractivity contribution in [1.29, 1.82) is 0 Å². The third kappa shape index (κ3) is 5.84. The van der Waals surface area contributed by atoms with Gasteiger partial charge in [0.05, 0.1) is 17.9 Å². The number of alkyl halides is 2. The number of carboxylic acid groups (broad SMARTS) is 1. The highest BCUT2D eigenvalue weighted by Gasteiger charge is 2.24. The number of cyclic esters (lactones) is 1. The third-order valence-electron chi connectivity index (χ3n) is 7.00. The Morgan fingerprint density at radius 1 is 1.09 bits per heavy atom. The van der Waals surface area contributed by atoms with Crippen LogP contribution in [0.4, 0.5) is 23.7 Å². The monoisotopic (exact) mass is 604 g/mol. The van der Waals surface area contributed by atoms with Gasteiger partial charge in [0.2, 0.25) is 0 Å². The number of aromatic carboxylic acids is 1. The van der Waals surface area contributed by atoms with Gasteiger partial charge in [-0.25, -0.2) is 23.9 Å². The van der Waals surface area contributed by atoms with Crippen molar-refractivity contribution < 1.29 is 42.1 Å². The van der Waals surface area contributed by atoms with Gasteiger partial charge in [0.1, 0.15) is 47.6 Å². The Bertz CT molecular complexity index is 1860. The van der Waals surface area contributed by atoms with E-state index in [0.717, 1.165) is 0 Å². The Morgan fingerprint density at radius 3 is 2.66 bits per heavy atom. The fourth-order valence-electron chi connectivity index (χ4n) is 4.92. The van der Waals surface area contributed by atoms with Crippen LogP contribution in [0.3, 0.4) is 0 Å². The SMILES string of the molecule is O=C(O)c1ccc(-c2cn3c(Cc4ccccc4OC(F)F)c(COc4cccc(N5CCOC5=O)c4)nc3cc2F)cn1. The van der Waals surface area contributed by atoms with Gasteiger partial charge in [-0.2, -0.15) is 8.78 Å². The second-order valence-corrected chi connectivity index (χ2v) is 9.72. The van der Waals surface area contributed by atoms with Crippen LogP contribution in [0, 0.1) is 5.82 Å². The van der Waals surface area contributed by atoms with Gasteiger partial charge in [-0.1, -0.05) is 30.3 Å². The number of hydrogen-bond acceptors (Lipinski definition) is 7. The number of rotatable bonds is 10. The first-order valence-electron chi connectivity index (χ1n) is 13.4. The van der Waals surface area contributed by atoms with Crippen molar-refractivity contribution in [2.24, 2.45) is 0 Å². The van der Waals surface area contributed by atoms with Gasteiger partial charge >= 0.3 is 18.7 Å². The second-order valence-electron chi connectivity index (χ2n) is 9.72. The number of fused-ring (bicyclic) bond motifs is 1. The summed E-state index contributed by atoms with van der Waals surface area (Å²) >= 11 is 0. The molecule has 0 saturated carbocycles. The van der Waals surface area contributed by atoms with Crippen molar-refractivity contribution in [3.63, 3.8) is 0 Å². The fraction of sp³-hybridized carbons (Fsp3) is 0.161. The fourth-order valence-corrected chi connectivity index (χ4v) is 4.92. The van der Waals surface area contributed by atoms with Gasteiger partial charge in [-0.15, -0.1) is 0 Å². The van der Waals surface area contributed by atoms with Crippen LogP contribution in [0.15, 0.2) is 79.1 Å². The van der Waals surface area contributed by atoms with E-state index in [0.29, 0.717) is 40.5 Å². The number of aromatic nitrogens is 3. The van der Waals surface area contributed by atoms with E-state index in [-0.39, 0.29) is 42.3 Å². The Morgan fingerprint density at radius 2 is 1.93 bits per heavy atom. The molecule has 0 spiro atoms. The summed E-state index contributed by atoms with van der Waals surface area (Å²) in [6, 6.07) is 17.1. The van der Waals surface area contributed by atoms with E-state index in [9.17, 15) is 23.5 Å². The molecule has 10 nitrogen and oxygen atoms in total. The quantitative estimate of drug-likeness (QED) is 0.208. The molecule has 4 heterocycles. The summed E-state index contributed by atoms with van der Waals surface area (Å²) < 4.78 is 59.1. The maximum absolute atomic E-state index is 15.3. The number of para-hydroxylation sites is 1. The number of nitrogens with zero attached hydrogens (tertiary/aromatic N) is 4. The average Bonchev–Trinajstić information content (AvgIpc) is 3.59. The zero-order valence-electron chi connectivity index (χ0n) is 22.8. The molecule has 1 aliphatic heterocycles. The molecule has 0 radical (unpaired) electrons. The van der Waals surface area contributed by atoms with Crippen molar-refractivity contribution in [3.05, 3.63) is 108 Å². The summed E-state index contributed by atoms with van der Waals surface area (Å²) in [5, 5.41) is 9.17. The first-order chi connectivity index (χ1) is 21.3. The highest BCUT2D eigenvalue weighted by Crippen LogP contribution is 2.30. The molecule has 5 aromatic rings. The number of halogens is 3. The summed E-state index contributed by atoms with van der Waals surface area (Å²) in [4.78, 5) is 33.2. The largest absolute Gasteiger partial charge is 0.487 e. The number of pyridine rings is 2. The summed E-state index contributed by atoms with van der Waals surface area (Å²) in [5.74, 6) is -1.43. The van der Waals surface area contributed by atoms with Gasteiger partial charge in [0.15, 0.2) is 0 Å². The molecule has 3 aromatic heterocycles. The summed E-state index contributed by atoms with van der Waals surface area (Å²) in [6.45, 7) is -2.43. The lowest BCUT2D eigenvalue weighted by atomic mass is 10.1. The van der Waals surface area contributed by atoms with Gasteiger partial charge < -0.3 is 23.7 Å². The van der Waals surface area contributed by atoms with Crippen LogP contribution in [0.1, 0.15) is 27.4 Å². The summed E-state index contributed by atoms with van der Waals surface area (Å²) in [6.07, 6.45) is 2.36. The normalized spacial score (nSPS) is 13.0. The zero-order chi connectivity index (χ0) is 30.8. The van der Waals surface area contributed by atoms with E-state index >= 15 is 4.39 Å². The van der Waals surface area contributed by atoms with Crippen molar-refractivity contribution in [2.45, 2.75) is 19.6 Å². The van der Waals surface area contributed by atoms with E-state index in [1.165, 1.54) is 41.6 Å². The lowest BCUT2D eigenvalue weighted by Gasteiger charge is -2.15. The van der Waals surface area contributed by atoms with Crippen molar-refractivity contribution in [3.8, 4) is 22.6 Å². The molecule has 0 unspecified atom stereocenters. The van der Waals surface area contributed by atoms with Crippen LogP contribution in [-0.2, 0) is 17.8 Å². The molecule has 0 bridgehead atoms. The molecule has 44 heavy (non-hydrogen) atoms. The molecular weight excluding hydrogens is 581 g/mol. The molecular formula is C31H23F3N4O6. The maximum atomic E-state index is 15.3. The van der Waals surface area contributed by atoms with Crippen LogP contribution >= 0.6 is 0 Å². The average molecular weight is 605 g/mol. The number of ether oxygens (including phenoxy) is 3. The standard InChI is InChI=1S/C31H23F3N4O6/c32-23-14-28-36-25(17-43-21-6-3-5-20(13-21)37-10-11-42-31(37)41)26(12-18-4-1-2-7-27(18)44-30(33)34)38(28)16-22(23)19-8-9-24(29(39)40)35-15-19/h1-9,13-16,30H,10-12,17H2,(H,39,40). The summed E-state index contributed by atoms with van der Waals surface area (Å²) in [5.41, 5.74) is 2.42. The predicted molar refractivity (Wildman–Crippen MR) is 151 cm³/mol. The Balaban J connectivity index is 1.39. The highest BCUT2D eigenvalue weighted by atomic mass is 19.3. The van der Waals surface area contributed by atoms with Gasteiger partial charge in [0, 0.05) is 47.6 Å². The van der Waals surface area contributed by atoms with Crippen LogP contribution in [0.2, 0.25) is 0 Å². The minimum atomic E-state index is -3.04. The molecule has 1 aliphatic rings. The Labute approximate surface area is 247 Å². The predicted octanol–water partition coefficient (Wildman–Crippen LogP) is 5.96. The first-order valence-corrected chi connectivity index (χ1v) is 13.4. The van der Waals surface area contributed by atoms with E-state index < -0.39 is 24.5 Å². The Kier molecular flexibility index (Phi) is 7.75. The third-order valence-corrected chi connectivity index (χ3v) is 7.00. The number of imidazole rings is 1. The van der Waals surface area contributed by atoms with Gasteiger partial charge in [0.25, 0.3) is 0 Å². The van der Waals surface area contributed by atoms with Crippen LogP contribution in [0.25, 0.3) is 16.8 Å². The topological polar surface area (TPSA) is 115 Å². The van der Waals surface area contributed by atoms with Crippen LogP contribution < -0.4 is 14.4 Å². The molecule has 13 heteroatoms. The number of anilines is 1. The molecule has 0 atom stereocenters. The highest BCUT2D eigenvalue weighted by molar-refractivity contribution is 5.89. The number of carbonyl (C=O) groups excluding carboxylic acids is 1. The van der Waals surface area contributed by atoms with Crippen molar-refractivity contribution in [2.75, 3.05) is 18.1 Å². The molecule has 0 aliphatic carbocycles. The molecule has 1 N–H and O–H groups in total. The molecule has 6 rings (SSSR count). The molecule has 1 amide bonds. The Hall–Kier alpha value is -5.59. The number of carboxylic acids is 1. The molecule has 2 aromatic carbocycles. The molecule has 224 valence electrons. The van der Waals surface area contributed by atoms with Crippen molar-refractivity contribution >= 4 is 23.4 Å². The van der Waals surface area contributed by atoms with Gasteiger partial charge in [-0.05, 0) is 24.3 Å².